The summed E-state index contributed by atoms with van der Waals surface area (Å²) in [5, 5.41) is 2.50. The molecule has 19 heavy (non-hydrogen) atoms. The van der Waals surface area contributed by atoms with Gasteiger partial charge in [0.25, 0.3) is 9.05 Å². The van der Waals surface area contributed by atoms with E-state index in [-0.39, 0.29) is 4.90 Å². The highest BCUT2D eigenvalue weighted by Gasteiger charge is 2.10. The summed E-state index contributed by atoms with van der Waals surface area (Å²) in [7, 11) is 1.43. The number of carbonyl (C=O) groups excluding carboxylic acids is 1. The van der Waals surface area contributed by atoms with E-state index in [1.165, 1.54) is 24.3 Å². The summed E-state index contributed by atoms with van der Waals surface area (Å²) in [6.45, 7) is 2.43. The highest BCUT2D eigenvalue weighted by atomic mass is 35.7. The van der Waals surface area contributed by atoms with E-state index in [0.29, 0.717) is 12.3 Å². The van der Waals surface area contributed by atoms with Crippen LogP contribution in [0.25, 0.3) is 0 Å². The molecule has 0 atom stereocenters. The van der Waals surface area contributed by atoms with Crippen molar-refractivity contribution in [2.75, 3.05) is 11.9 Å². The van der Waals surface area contributed by atoms with E-state index in [1.807, 2.05) is 0 Å². The Bertz CT molecular complexity index is 513. The van der Waals surface area contributed by atoms with Gasteiger partial charge in [-0.1, -0.05) is 19.8 Å². The number of halogens is 1. The fourth-order valence-corrected chi connectivity index (χ4v) is 2.14. The lowest BCUT2D eigenvalue weighted by molar-refractivity contribution is 0.159. The Balaban J connectivity index is 2.47. The monoisotopic (exact) mass is 305 g/mol. The van der Waals surface area contributed by atoms with E-state index < -0.39 is 15.1 Å². The molecule has 0 heterocycles. The Hall–Kier alpha value is -1.27. The molecule has 7 heteroatoms. The van der Waals surface area contributed by atoms with E-state index in [2.05, 4.69) is 12.2 Å². The van der Waals surface area contributed by atoms with Crippen molar-refractivity contribution in [1.82, 2.24) is 0 Å². The van der Waals surface area contributed by atoms with Gasteiger partial charge in [-0.05, 0) is 30.7 Å². The van der Waals surface area contributed by atoms with Crippen LogP contribution < -0.4 is 5.32 Å². The van der Waals surface area contributed by atoms with Crippen LogP contribution in [-0.2, 0) is 13.8 Å². The number of benzene rings is 1. The number of ether oxygens (including phenoxy) is 1. The zero-order valence-electron chi connectivity index (χ0n) is 10.6. The zero-order valence-corrected chi connectivity index (χ0v) is 12.1. The van der Waals surface area contributed by atoms with Gasteiger partial charge in [0.15, 0.2) is 0 Å². The molecule has 1 amide bonds. The van der Waals surface area contributed by atoms with Gasteiger partial charge in [-0.2, -0.15) is 0 Å². The molecular formula is C12H16ClNO4S. The van der Waals surface area contributed by atoms with Crippen molar-refractivity contribution in [3.05, 3.63) is 24.3 Å². The molecule has 106 valence electrons. The van der Waals surface area contributed by atoms with Gasteiger partial charge >= 0.3 is 6.09 Å². The van der Waals surface area contributed by atoms with Gasteiger partial charge < -0.3 is 4.74 Å². The fraction of sp³-hybridized carbons (Fsp3) is 0.417. The molecule has 5 nitrogen and oxygen atoms in total. The average Bonchev–Trinajstić information content (AvgIpc) is 2.34. The largest absolute Gasteiger partial charge is 0.449 e. The van der Waals surface area contributed by atoms with Crippen LogP contribution >= 0.6 is 10.7 Å². The van der Waals surface area contributed by atoms with Crippen molar-refractivity contribution in [3.63, 3.8) is 0 Å². The Kier molecular flexibility index (Phi) is 6.11. The zero-order chi connectivity index (χ0) is 14.3. The van der Waals surface area contributed by atoms with Gasteiger partial charge in [-0.3, -0.25) is 5.32 Å². The Morgan fingerprint density at radius 3 is 2.42 bits per heavy atom. The molecule has 1 aromatic rings. The number of amides is 1. The number of nitrogens with one attached hydrogen (secondary N) is 1. The van der Waals surface area contributed by atoms with Gasteiger partial charge in [0.1, 0.15) is 0 Å². The number of anilines is 1. The first-order chi connectivity index (χ1) is 8.93. The summed E-state index contributed by atoms with van der Waals surface area (Å²) in [4.78, 5) is 11.4. The summed E-state index contributed by atoms with van der Waals surface area (Å²) < 4.78 is 27.0. The Morgan fingerprint density at radius 1 is 1.26 bits per heavy atom. The second kappa shape index (κ2) is 7.35. The van der Waals surface area contributed by atoms with Crippen LogP contribution in [0.15, 0.2) is 29.2 Å². The number of carbonyl (C=O) groups is 1. The van der Waals surface area contributed by atoms with Crippen molar-refractivity contribution < 1.29 is 17.9 Å². The molecule has 0 saturated heterocycles. The second-order valence-electron chi connectivity index (χ2n) is 3.93. The van der Waals surface area contributed by atoms with E-state index in [9.17, 15) is 13.2 Å². The van der Waals surface area contributed by atoms with Crippen molar-refractivity contribution >= 4 is 31.5 Å². The van der Waals surface area contributed by atoms with Crippen LogP contribution in [0.3, 0.4) is 0 Å². The maximum atomic E-state index is 11.4. The fourth-order valence-electron chi connectivity index (χ4n) is 1.37. The predicted octanol–water partition coefficient (Wildman–Crippen LogP) is 3.35. The van der Waals surface area contributed by atoms with E-state index in [0.717, 1.165) is 19.3 Å². The average molecular weight is 306 g/mol. The highest BCUT2D eigenvalue weighted by molar-refractivity contribution is 8.13. The lowest BCUT2D eigenvalue weighted by atomic mass is 10.3. The first-order valence-electron chi connectivity index (χ1n) is 5.92. The minimum atomic E-state index is -3.74. The lowest BCUT2D eigenvalue weighted by Crippen LogP contribution is -2.14. The molecule has 0 fully saturated rings. The van der Waals surface area contributed by atoms with E-state index in [1.54, 1.807) is 0 Å². The highest BCUT2D eigenvalue weighted by Crippen LogP contribution is 2.17. The van der Waals surface area contributed by atoms with Crippen molar-refractivity contribution in [2.45, 2.75) is 31.1 Å². The predicted molar refractivity (Wildman–Crippen MR) is 74.0 cm³/mol. The minimum Gasteiger partial charge on any atom is -0.449 e. The number of hydrogen-bond donors (Lipinski definition) is 1. The van der Waals surface area contributed by atoms with E-state index in [4.69, 9.17) is 15.4 Å². The number of unbranched alkanes of at least 4 members (excludes halogenated alkanes) is 2. The van der Waals surface area contributed by atoms with E-state index >= 15 is 0 Å². The Morgan fingerprint density at radius 2 is 1.89 bits per heavy atom. The summed E-state index contributed by atoms with van der Waals surface area (Å²) in [6, 6.07) is 5.52. The summed E-state index contributed by atoms with van der Waals surface area (Å²) in [5.41, 5.74) is 0.449. The molecule has 0 aliphatic heterocycles. The molecule has 1 rings (SSSR count). The third kappa shape index (κ3) is 5.94. The Labute approximate surface area is 117 Å². The molecule has 0 aliphatic rings. The van der Waals surface area contributed by atoms with Crippen LogP contribution in [0.2, 0.25) is 0 Å². The van der Waals surface area contributed by atoms with Crippen molar-refractivity contribution in [3.8, 4) is 0 Å². The van der Waals surface area contributed by atoms with Crippen LogP contribution in [0, 0.1) is 0 Å². The van der Waals surface area contributed by atoms with Crippen molar-refractivity contribution in [1.29, 1.82) is 0 Å². The molecule has 0 saturated carbocycles. The molecule has 0 bridgehead atoms. The summed E-state index contributed by atoms with van der Waals surface area (Å²) in [6.07, 6.45) is 2.33. The molecule has 1 N–H and O–H groups in total. The van der Waals surface area contributed by atoms with Crippen LogP contribution in [0.4, 0.5) is 10.5 Å². The van der Waals surface area contributed by atoms with Crippen LogP contribution in [0.1, 0.15) is 26.2 Å². The maximum absolute atomic E-state index is 11.4. The van der Waals surface area contributed by atoms with Crippen LogP contribution in [0.5, 0.6) is 0 Å². The lowest BCUT2D eigenvalue weighted by Gasteiger charge is -2.07. The normalized spacial score (nSPS) is 11.1. The molecule has 0 aromatic heterocycles. The standard InChI is InChI=1S/C12H16ClNO4S/c1-2-3-4-9-18-12(15)14-10-5-7-11(8-6-10)19(13,16)17/h5-8H,2-4,9H2,1H3,(H,14,15). The van der Waals surface area contributed by atoms with Crippen LogP contribution in [-0.4, -0.2) is 21.1 Å². The summed E-state index contributed by atoms with van der Waals surface area (Å²) in [5.74, 6) is 0. The maximum Gasteiger partial charge on any atom is 0.411 e. The number of hydrogen-bond acceptors (Lipinski definition) is 4. The van der Waals surface area contributed by atoms with Gasteiger partial charge in [0.05, 0.1) is 11.5 Å². The third-order valence-corrected chi connectivity index (χ3v) is 3.73. The molecule has 0 aliphatic carbocycles. The molecular weight excluding hydrogens is 290 g/mol. The number of rotatable bonds is 6. The molecule has 0 radical (unpaired) electrons. The second-order valence-corrected chi connectivity index (χ2v) is 6.50. The van der Waals surface area contributed by atoms with Gasteiger partial charge in [-0.15, -0.1) is 0 Å². The van der Waals surface area contributed by atoms with Gasteiger partial charge in [0, 0.05) is 16.4 Å². The first-order valence-corrected chi connectivity index (χ1v) is 8.23. The third-order valence-electron chi connectivity index (χ3n) is 2.36. The smallest absolute Gasteiger partial charge is 0.411 e. The summed E-state index contributed by atoms with van der Waals surface area (Å²) >= 11 is 0. The molecule has 0 spiro atoms. The quantitative estimate of drug-likeness (QED) is 0.646. The first kappa shape index (κ1) is 15.8. The van der Waals surface area contributed by atoms with Gasteiger partial charge in [0.2, 0.25) is 0 Å². The molecule has 0 unspecified atom stereocenters. The van der Waals surface area contributed by atoms with Crippen molar-refractivity contribution in [2.24, 2.45) is 0 Å². The SMILES string of the molecule is CCCCCOC(=O)Nc1ccc(S(=O)(=O)Cl)cc1. The van der Waals surface area contributed by atoms with Gasteiger partial charge in [-0.25, -0.2) is 13.2 Å². The topological polar surface area (TPSA) is 72.5 Å². The molecule has 1 aromatic carbocycles. The minimum absolute atomic E-state index is 0.0176.